The lowest BCUT2D eigenvalue weighted by molar-refractivity contribution is 0.0527. The van der Waals surface area contributed by atoms with E-state index in [9.17, 15) is 9.18 Å². The number of fused-ring (bicyclic) bond motifs is 1. The van der Waals surface area contributed by atoms with Crippen molar-refractivity contribution in [3.8, 4) is 5.75 Å². The van der Waals surface area contributed by atoms with Crippen molar-refractivity contribution in [3.63, 3.8) is 0 Å². The van der Waals surface area contributed by atoms with Crippen LogP contribution in [0.1, 0.15) is 47.8 Å². The minimum atomic E-state index is -1.05. The molecule has 0 spiro atoms. The Balaban J connectivity index is 1.57. The standard InChI is InChI=1S/C27H33FN2O3/c1-3-32-27(31)26-20(2)30(17-21-10-6-4-7-11-21)25-13-12-23(16-24(25)26)33-19-22(28)18-29-14-8-5-9-15-29/h4,6-7,10-13,16,22H,3,5,8-9,14-15,17-19H2,1-2H3. The van der Waals surface area contributed by atoms with Crippen molar-refractivity contribution >= 4 is 16.9 Å². The van der Waals surface area contributed by atoms with Crippen molar-refractivity contribution in [2.45, 2.75) is 45.8 Å². The van der Waals surface area contributed by atoms with Crippen molar-refractivity contribution < 1.29 is 18.7 Å². The molecular weight excluding hydrogens is 419 g/mol. The fourth-order valence-corrected chi connectivity index (χ4v) is 4.64. The molecule has 33 heavy (non-hydrogen) atoms. The van der Waals surface area contributed by atoms with Crippen LogP contribution in [0.4, 0.5) is 4.39 Å². The Hall–Kier alpha value is -2.86. The summed E-state index contributed by atoms with van der Waals surface area (Å²) < 4.78 is 27.8. The van der Waals surface area contributed by atoms with Crippen LogP contribution in [-0.2, 0) is 11.3 Å². The van der Waals surface area contributed by atoms with E-state index >= 15 is 0 Å². The molecule has 1 aliphatic heterocycles. The third-order valence-corrected chi connectivity index (χ3v) is 6.29. The first-order valence-electron chi connectivity index (χ1n) is 11.9. The van der Waals surface area contributed by atoms with E-state index < -0.39 is 6.17 Å². The number of rotatable bonds is 9. The number of alkyl halides is 1. The Morgan fingerprint density at radius 3 is 2.58 bits per heavy atom. The van der Waals surface area contributed by atoms with Crippen LogP contribution >= 0.6 is 0 Å². The van der Waals surface area contributed by atoms with Crippen LogP contribution < -0.4 is 4.74 Å². The van der Waals surface area contributed by atoms with Crippen molar-refractivity contribution in [1.82, 2.24) is 9.47 Å². The van der Waals surface area contributed by atoms with Gasteiger partial charge in [0.05, 0.1) is 12.2 Å². The van der Waals surface area contributed by atoms with Crippen LogP contribution in [0.3, 0.4) is 0 Å². The smallest absolute Gasteiger partial charge is 0.340 e. The van der Waals surface area contributed by atoms with Gasteiger partial charge in [-0.3, -0.25) is 0 Å². The van der Waals surface area contributed by atoms with E-state index in [1.165, 1.54) is 6.42 Å². The molecule has 6 heteroatoms. The normalized spacial score (nSPS) is 15.5. The monoisotopic (exact) mass is 452 g/mol. The lowest BCUT2D eigenvalue weighted by Gasteiger charge is -2.27. The summed E-state index contributed by atoms with van der Waals surface area (Å²) >= 11 is 0. The van der Waals surface area contributed by atoms with Gasteiger partial charge < -0.3 is 18.9 Å². The topological polar surface area (TPSA) is 43.7 Å². The van der Waals surface area contributed by atoms with Gasteiger partial charge in [-0.2, -0.15) is 0 Å². The van der Waals surface area contributed by atoms with Crippen LogP contribution in [0.2, 0.25) is 0 Å². The van der Waals surface area contributed by atoms with E-state index in [1.807, 2.05) is 43.3 Å². The molecule has 0 bridgehead atoms. The van der Waals surface area contributed by atoms with Crippen LogP contribution in [0.15, 0.2) is 48.5 Å². The van der Waals surface area contributed by atoms with Gasteiger partial charge in [-0.25, -0.2) is 9.18 Å². The average Bonchev–Trinajstić information content (AvgIpc) is 3.10. The van der Waals surface area contributed by atoms with Crippen molar-refractivity contribution in [2.24, 2.45) is 0 Å². The average molecular weight is 453 g/mol. The summed E-state index contributed by atoms with van der Waals surface area (Å²) in [7, 11) is 0. The summed E-state index contributed by atoms with van der Waals surface area (Å²) in [6.07, 6.45) is 2.46. The Bertz CT molecular complexity index is 1070. The number of benzene rings is 2. The molecule has 0 radical (unpaired) electrons. The van der Waals surface area contributed by atoms with Gasteiger partial charge in [0.2, 0.25) is 0 Å². The number of aromatic nitrogens is 1. The van der Waals surface area contributed by atoms with Crippen LogP contribution in [0.5, 0.6) is 5.75 Å². The number of ether oxygens (including phenoxy) is 2. The number of likely N-dealkylation sites (tertiary alicyclic amines) is 1. The number of hydrogen-bond donors (Lipinski definition) is 0. The van der Waals surface area contributed by atoms with E-state index in [0.29, 0.717) is 31.0 Å². The maximum atomic E-state index is 14.6. The van der Waals surface area contributed by atoms with Crippen molar-refractivity contribution in [2.75, 3.05) is 32.8 Å². The molecule has 2 aromatic carbocycles. The molecule has 1 fully saturated rings. The van der Waals surface area contributed by atoms with Gasteiger partial charge in [-0.05, 0) is 63.5 Å². The Morgan fingerprint density at radius 1 is 1.09 bits per heavy atom. The molecule has 1 saturated heterocycles. The Kier molecular flexibility index (Phi) is 7.65. The van der Waals surface area contributed by atoms with Crippen LogP contribution in [0.25, 0.3) is 10.9 Å². The van der Waals surface area contributed by atoms with Gasteiger partial charge in [0.15, 0.2) is 0 Å². The first kappa shape index (κ1) is 23.3. The molecule has 0 amide bonds. The predicted octanol–water partition coefficient (Wildman–Crippen LogP) is 5.38. The molecule has 0 aliphatic carbocycles. The highest BCUT2D eigenvalue weighted by Gasteiger charge is 2.22. The fraction of sp³-hybridized carbons (Fsp3) is 0.444. The number of nitrogens with zero attached hydrogens (tertiary/aromatic N) is 2. The minimum absolute atomic E-state index is 0.000449. The number of halogens is 1. The van der Waals surface area contributed by atoms with Gasteiger partial charge in [0, 0.05) is 29.7 Å². The second-order valence-corrected chi connectivity index (χ2v) is 8.70. The van der Waals surface area contributed by atoms with E-state index in [4.69, 9.17) is 9.47 Å². The quantitative estimate of drug-likeness (QED) is 0.409. The predicted molar refractivity (Wildman–Crippen MR) is 129 cm³/mol. The maximum Gasteiger partial charge on any atom is 0.340 e. The highest BCUT2D eigenvalue weighted by molar-refractivity contribution is 6.06. The van der Waals surface area contributed by atoms with Crippen LogP contribution in [0, 0.1) is 6.92 Å². The number of carbonyl (C=O) groups excluding carboxylic acids is 1. The molecule has 4 rings (SSSR count). The molecule has 176 valence electrons. The van der Waals surface area contributed by atoms with E-state index in [-0.39, 0.29) is 12.6 Å². The van der Waals surface area contributed by atoms with Crippen LogP contribution in [-0.4, -0.2) is 54.5 Å². The molecule has 0 saturated carbocycles. The second-order valence-electron chi connectivity index (χ2n) is 8.70. The Morgan fingerprint density at radius 2 is 1.85 bits per heavy atom. The van der Waals surface area contributed by atoms with Gasteiger partial charge >= 0.3 is 5.97 Å². The maximum absolute atomic E-state index is 14.6. The molecule has 0 N–H and O–H groups in total. The van der Waals surface area contributed by atoms with Crippen molar-refractivity contribution in [3.05, 3.63) is 65.4 Å². The summed E-state index contributed by atoms with van der Waals surface area (Å²) in [6.45, 7) is 7.02. The SMILES string of the molecule is CCOC(=O)c1c(C)n(Cc2ccccc2)c2ccc(OCC(F)CN3CCCCC3)cc12. The second kappa shape index (κ2) is 10.8. The fourth-order valence-electron chi connectivity index (χ4n) is 4.64. The number of carbonyl (C=O) groups is 1. The van der Waals surface area contributed by atoms with Gasteiger partial charge in [-0.15, -0.1) is 0 Å². The summed E-state index contributed by atoms with van der Waals surface area (Å²) in [5.74, 6) is 0.212. The molecule has 2 heterocycles. The first-order chi connectivity index (χ1) is 16.1. The zero-order valence-corrected chi connectivity index (χ0v) is 19.6. The molecule has 3 aromatic rings. The Labute approximate surface area is 195 Å². The third-order valence-electron chi connectivity index (χ3n) is 6.29. The highest BCUT2D eigenvalue weighted by Crippen LogP contribution is 2.31. The van der Waals surface area contributed by atoms with E-state index in [0.717, 1.165) is 48.1 Å². The molecule has 1 unspecified atom stereocenters. The number of esters is 1. The highest BCUT2D eigenvalue weighted by atomic mass is 19.1. The zero-order valence-electron chi connectivity index (χ0n) is 19.6. The lowest BCUT2D eigenvalue weighted by Crippen LogP contribution is -2.36. The molecule has 1 aromatic heterocycles. The molecule has 1 atom stereocenters. The molecule has 5 nitrogen and oxygen atoms in total. The number of piperidine rings is 1. The van der Waals surface area contributed by atoms with Gasteiger partial charge in [0.25, 0.3) is 0 Å². The summed E-state index contributed by atoms with van der Waals surface area (Å²) in [5.41, 5.74) is 3.46. The lowest BCUT2D eigenvalue weighted by atomic mass is 10.1. The van der Waals surface area contributed by atoms with Gasteiger partial charge in [-0.1, -0.05) is 36.8 Å². The molecule has 1 aliphatic rings. The minimum Gasteiger partial charge on any atom is -0.490 e. The van der Waals surface area contributed by atoms with Crippen molar-refractivity contribution in [1.29, 1.82) is 0 Å². The summed E-state index contributed by atoms with van der Waals surface area (Å²) in [6, 6.07) is 15.8. The summed E-state index contributed by atoms with van der Waals surface area (Å²) in [4.78, 5) is 15.0. The van der Waals surface area contributed by atoms with E-state index in [1.54, 1.807) is 6.92 Å². The number of hydrogen-bond acceptors (Lipinski definition) is 4. The third kappa shape index (κ3) is 5.56. The van der Waals surface area contributed by atoms with E-state index in [2.05, 4.69) is 21.6 Å². The summed E-state index contributed by atoms with van der Waals surface area (Å²) in [5, 5.41) is 0.769. The largest absolute Gasteiger partial charge is 0.490 e. The van der Waals surface area contributed by atoms with Gasteiger partial charge in [0.1, 0.15) is 18.5 Å². The zero-order chi connectivity index (χ0) is 23.2. The molecular formula is C27H33FN2O3. The first-order valence-corrected chi connectivity index (χ1v) is 11.9.